The number of aromatic nitrogens is 1. The zero-order valence-electron chi connectivity index (χ0n) is 10.6. The first-order valence-electron chi connectivity index (χ1n) is 5.63. The summed E-state index contributed by atoms with van der Waals surface area (Å²) in [6, 6.07) is 4.51. The minimum atomic E-state index is -0.475. The van der Waals surface area contributed by atoms with Crippen LogP contribution in [-0.2, 0) is 6.61 Å². The molecule has 2 aromatic rings. The van der Waals surface area contributed by atoms with Crippen molar-refractivity contribution >= 4 is 28.5 Å². The van der Waals surface area contributed by atoms with Crippen molar-refractivity contribution in [2.75, 3.05) is 0 Å². The number of hydrogen-bond acceptors (Lipinski definition) is 4. The second kappa shape index (κ2) is 5.63. The van der Waals surface area contributed by atoms with Crippen LogP contribution in [0.2, 0.25) is 0 Å². The van der Waals surface area contributed by atoms with E-state index in [1.165, 1.54) is 6.07 Å². The summed E-state index contributed by atoms with van der Waals surface area (Å²) in [5, 5.41) is 0.841. The molecule has 1 heterocycles. The van der Waals surface area contributed by atoms with E-state index in [0.717, 1.165) is 15.6 Å². The van der Waals surface area contributed by atoms with Gasteiger partial charge in [-0.3, -0.25) is 0 Å². The average Bonchev–Trinajstić information content (AvgIpc) is 2.65. The summed E-state index contributed by atoms with van der Waals surface area (Å²) < 4.78 is 19.2. The van der Waals surface area contributed by atoms with Crippen LogP contribution in [0.15, 0.2) is 18.2 Å². The Hall–Kier alpha value is -1.53. The fourth-order valence-corrected chi connectivity index (χ4v) is 2.65. The van der Waals surface area contributed by atoms with E-state index in [9.17, 15) is 4.39 Å². The third kappa shape index (κ3) is 3.08. The molecular formula is C13H13FN2OS2. The molecule has 19 heavy (non-hydrogen) atoms. The Morgan fingerprint density at radius 3 is 2.79 bits per heavy atom. The molecule has 0 saturated heterocycles. The van der Waals surface area contributed by atoms with Gasteiger partial charge in [0.05, 0.1) is 11.3 Å². The number of rotatable bonds is 4. The number of hydrogen-bond donors (Lipinski definition) is 1. The second-order valence-electron chi connectivity index (χ2n) is 4.02. The topological polar surface area (TPSA) is 48.1 Å². The molecule has 2 rings (SSSR count). The molecule has 0 atom stereocenters. The van der Waals surface area contributed by atoms with Gasteiger partial charge in [0.25, 0.3) is 0 Å². The van der Waals surface area contributed by atoms with Gasteiger partial charge in [0, 0.05) is 4.88 Å². The lowest BCUT2D eigenvalue weighted by atomic mass is 10.2. The molecule has 3 nitrogen and oxygen atoms in total. The van der Waals surface area contributed by atoms with Gasteiger partial charge < -0.3 is 10.5 Å². The Morgan fingerprint density at radius 2 is 2.21 bits per heavy atom. The Bertz CT molecular complexity index is 606. The Labute approximate surface area is 120 Å². The third-order valence-corrected chi connectivity index (χ3v) is 3.90. The van der Waals surface area contributed by atoms with E-state index in [2.05, 4.69) is 4.98 Å². The van der Waals surface area contributed by atoms with Crippen LogP contribution in [0, 0.1) is 19.7 Å². The second-order valence-corrected chi connectivity index (χ2v) is 5.74. The molecular weight excluding hydrogens is 283 g/mol. The molecule has 0 saturated carbocycles. The predicted octanol–water partition coefficient (Wildman–Crippen LogP) is 3.11. The lowest BCUT2D eigenvalue weighted by molar-refractivity contribution is 0.303. The van der Waals surface area contributed by atoms with Crippen molar-refractivity contribution in [3.8, 4) is 5.75 Å². The molecule has 1 aromatic carbocycles. The number of nitrogens with zero attached hydrogens (tertiary/aromatic N) is 1. The molecule has 0 amide bonds. The van der Waals surface area contributed by atoms with Crippen LogP contribution in [0.5, 0.6) is 5.75 Å². The molecule has 100 valence electrons. The average molecular weight is 296 g/mol. The first kappa shape index (κ1) is 13.9. The standard InChI is InChI=1S/C13H13FN2OS2/c1-7-8(2)19-11(16-7)6-17-10-5-3-4-9(14)12(10)13(15)18/h3-5H,6H2,1-2H3,(H2,15,18). The zero-order valence-corrected chi connectivity index (χ0v) is 12.2. The minimum absolute atomic E-state index is 0.0143. The van der Waals surface area contributed by atoms with E-state index in [1.54, 1.807) is 23.5 Å². The van der Waals surface area contributed by atoms with E-state index >= 15 is 0 Å². The quantitative estimate of drug-likeness (QED) is 0.881. The third-order valence-electron chi connectivity index (χ3n) is 2.65. The van der Waals surface area contributed by atoms with Gasteiger partial charge in [-0.2, -0.15) is 0 Å². The number of thiazole rings is 1. The minimum Gasteiger partial charge on any atom is -0.486 e. The predicted molar refractivity (Wildman–Crippen MR) is 78.2 cm³/mol. The molecule has 2 N–H and O–H groups in total. The van der Waals surface area contributed by atoms with E-state index in [1.807, 2.05) is 13.8 Å². The van der Waals surface area contributed by atoms with Crippen LogP contribution < -0.4 is 10.5 Å². The van der Waals surface area contributed by atoms with Crippen LogP contribution in [0.3, 0.4) is 0 Å². The first-order valence-corrected chi connectivity index (χ1v) is 6.85. The van der Waals surface area contributed by atoms with E-state index in [4.69, 9.17) is 22.7 Å². The summed E-state index contributed by atoms with van der Waals surface area (Å²) >= 11 is 6.40. The van der Waals surface area contributed by atoms with Crippen LogP contribution in [0.25, 0.3) is 0 Å². The summed E-state index contributed by atoms with van der Waals surface area (Å²) in [6.07, 6.45) is 0. The fraction of sp³-hybridized carbons (Fsp3) is 0.231. The monoisotopic (exact) mass is 296 g/mol. The van der Waals surface area contributed by atoms with Crippen molar-refractivity contribution in [1.29, 1.82) is 0 Å². The summed E-state index contributed by atoms with van der Waals surface area (Å²) in [5.41, 5.74) is 6.64. The van der Waals surface area contributed by atoms with Crippen molar-refractivity contribution < 1.29 is 9.13 Å². The smallest absolute Gasteiger partial charge is 0.140 e. The highest BCUT2D eigenvalue weighted by atomic mass is 32.1. The molecule has 1 aromatic heterocycles. The van der Waals surface area contributed by atoms with Gasteiger partial charge in [-0.25, -0.2) is 9.37 Å². The van der Waals surface area contributed by atoms with Crippen LogP contribution in [0.4, 0.5) is 4.39 Å². The molecule has 6 heteroatoms. The number of nitrogens with two attached hydrogens (primary N) is 1. The maximum Gasteiger partial charge on any atom is 0.140 e. The Balaban J connectivity index is 2.20. The number of ether oxygens (including phenoxy) is 1. The molecule has 0 unspecified atom stereocenters. The summed E-state index contributed by atoms with van der Waals surface area (Å²) in [5.74, 6) is -0.130. The normalized spacial score (nSPS) is 10.5. The lowest BCUT2D eigenvalue weighted by Gasteiger charge is -2.10. The molecule has 0 bridgehead atoms. The molecule has 0 fully saturated rings. The zero-order chi connectivity index (χ0) is 14.0. The van der Waals surface area contributed by atoms with Gasteiger partial charge in [0.2, 0.25) is 0 Å². The molecule has 0 spiro atoms. The van der Waals surface area contributed by atoms with Gasteiger partial charge in [-0.05, 0) is 26.0 Å². The number of aryl methyl sites for hydroxylation is 2. The fourth-order valence-electron chi connectivity index (χ4n) is 1.60. The van der Waals surface area contributed by atoms with Gasteiger partial charge in [-0.1, -0.05) is 18.3 Å². The van der Waals surface area contributed by atoms with E-state index in [-0.39, 0.29) is 17.2 Å². The molecule has 0 aliphatic carbocycles. The number of thiocarbonyl (C=S) groups is 1. The van der Waals surface area contributed by atoms with Gasteiger partial charge >= 0.3 is 0 Å². The Morgan fingerprint density at radius 1 is 1.47 bits per heavy atom. The molecule has 0 aliphatic heterocycles. The van der Waals surface area contributed by atoms with Crippen molar-refractivity contribution in [2.45, 2.75) is 20.5 Å². The summed E-state index contributed by atoms with van der Waals surface area (Å²) in [6.45, 7) is 4.22. The maximum absolute atomic E-state index is 13.6. The van der Waals surface area contributed by atoms with Gasteiger partial charge in [-0.15, -0.1) is 11.3 Å². The highest BCUT2D eigenvalue weighted by molar-refractivity contribution is 7.80. The highest BCUT2D eigenvalue weighted by Crippen LogP contribution is 2.24. The lowest BCUT2D eigenvalue weighted by Crippen LogP contribution is -2.14. The van der Waals surface area contributed by atoms with Crippen LogP contribution in [0.1, 0.15) is 21.1 Å². The molecule has 0 radical (unpaired) electrons. The molecule has 0 aliphatic rings. The summed E-state index contributed by atoms with van der Waals surface area (Å²) in [4.78, 5) is 5.49. The SMILES string of the molecule is Cc1nc(COc2cccc(F)c2C(N)=S)sc1C. The van der Waals surface area contributed by atoms with E-state index in [0.29, 0.717) is 5.75 Å². The van der Waals surface area contributed by atoms with Crippen molar-refractivity contribution in [3.63, 3.8) is 0 Å². The van der Waals surface area contributed by atoms with Gasteiger partial charge in [0.15, 0.2) is 0 Å². The van der Waals surface area contributed by atoms with Gasteiger partial charge in [0.1, 0.15) is 28.2 Å². The van der Waals surface area contributed by atoms with Crippen LogP contribution >= 0.6 is 23.6 Å². The number of benzene rings is 1. The largest absolute Gasteiger partial charge is 0.486 e. The van der Waals surface area contributed by atoms with Crippen molar-refractivity contribution in [3.05, 3.63) is 45.2 Å². The van der Waals surface area contributed by atoms with Crippen LogP contribution in [-0.4, -0.2) is 9.97 Å². The summed E-state index contributed by atoms with van der Waals surface area (Å²) in [7, 11) is 0. The maximum atomic E-state index is 13.6. The highest BCUT2D eigenvalue weighted by Gasteiger charge is 2.13. The van der Waals surface area contributed by atoms with Crippen molar-refractivity contribution in [1.82, 2.24) is 4.98 Å². The number of halogens is 1. The Kier molecular flexibility index (Phi) is 4.11. The van der Waals surface area contributed by atoms with E-state index < -0.39 is 5.82 Å². The first-order chi connectivity index (χ1) is 8.99. The van der Waals surface area contributed by atoms with Crippen molar-refractivity contribution in [2.24, 2.45) is 5.73 Å².